The standard InChI is InChI=1S/C14H20BrNO2S/c1-3-19(17,18)13-6-4-12(5-7-13)16-9-8-14(15)11(2)10-16/h4-7,11,14H,3,8-10H2,1-2H3. The molecule has 1 aromatic carbocycles. The second kappa shape index (κ2) is 5.83. The Bertz CT molecular complexity index is 527. The Kier molecular flexibility index (Phi) is 4.56. The van der Waals surface area contributed by atoms with E-state index in [1.54, 1.807) is 19.1 Å². The molecule has 19 heavy (non-hydrogen) atoms. The summed E-state index contributed by atoms with van der Waals surface area (Å²) < 4.78 is 23.5. The minimum absolute atomic E-state index is 0.151. The topological polar surface area (TPSA) is 37.4 Å². The molecule has 1 saturated heterocycles. The van der Waals surface area contributed by atoms with Gasteiger partial charge in [0.05, 0.1) is 10.6 Å². The Balaban J connectivity index is 2.15. The van der Waals surface area contributed by atoms with Crippen molar-refractivity contribution in [2.24, 2.45) is 5.92 Å². The SMILES string of the molecule is CCS(=O)(=O)c1ccc(N2CCC(Br)C(C)C2)cc1. The molecule has 3 nitrogen and oxygen atoms in total. The van der Waals surface area contributed by atoms with Crippen molar-refractivity contribution in [2.45, 2.75) is 30.0 Å². The fourth-order valence-corrected chi connectivity index (χ4v) is 3.64. The van der Waals surface area contributed by atoms with Gasteiger partial charge in [0.2, 0.25) is 0 Å². The molecule has 2 unspecified atom stereocenters. The van der Waals surface area contributed by atoms with Crippen molar-refractivity contribution in [3.63, 3.8) is 0 Å². The maximum absolute atomic E-state index is 11.8. The predicted molar refractivity (Wildman–Crippen MR) is 82.9 cm³/mol. The maximum Gasteiger partial charge on any atom is 0.178 e. The lowest BCUT2D eigenvalue weighted by Crippen LogP contribution is -2.39. The molecule has 2 rings (SSSR count). The first-order chi connectivity index (χ1) is 8.94. The third kappa shape index (κ3) is 3.31. The molecular weight excluding hydrogens is 326 g/mol. The molecule has 0 aromatic heterocycles. The van der Waals surface area contributed by atoms with Crippen LogP contribution in [0.1, 0.15) is 20.3 Å². The van der Waals surface area contributed by atoms with E-state index in [1.807, 2.05) is 12.1 Å². The molecule has 0 radical (unpaired) electrons. The summed E-state index contributed by atoms with van der Waals surface area (Å²) in [5.41, 5.74) is 1.11. The highest BCUT2D eigenvalue weighted by Crippen LogP contribution is 2.28. The Morgan fingerprint density at radius 2 is 1.95 bits per heavy atom. The van der Waals surface area contributed by atoms with Crippen molar-refractivity contribution in [1.29, 1.82) is 0 Å². The second-order valence-electron chi connectivity index (χ2n) is 5.13. The lowest BCUT2D eigenvalue weighted by atomic mass is 9.99. The van der Waals surface area contributed by atoms with E-state index in [0.717, 1.165) is 25.2 Å². The molecule has 0 bridgehead atoms. The maximum atomic E-state index is 11.8. The van der Waals surface area contributed by atoms with Crippen LogP contribution in [-0.4, -0.2) is 32.1 Å². The minimum atomic E-state index is -3.09. The highest BCUT2D eigenvalue weighted by Gasteiger charge is 2.24. The van der Waals surface area contributed by atoms with Crippen LogP contribution >= 0.6 is 15.9 Å². The number of sulfone groups is 1. The van der Waals surface area contributed by atoms with Gasteiger partial charge < -0.3 is 4.90 Å². The average molecular weight is 346 g/mol. The molecule has 1 aliphatic heterocycles. The van der Waals surface area contributed by atoms with Crippen LogP contribution in [0.3, 0.4) is 0 Å². The Labute approximate surface area is 124 Å². The Morgan fingerprint density at radius 3 is 2.47 bits per heavy atom. The molecule has 106 valence electrons. The predicted octanol–water partition coefficient (Wildman–Crippen LogP) is 3.09. The molecule has 2 atom stereocenters. The monoisotopic (exact) mass is 345 g/mol. The molecule has 1 aliphatic rings. The van der Waals surface area contributed by atoms with Crippen LogP contribution in [0, 0.1) is 5.92 Å². The highest BCUT2D eigenvalue weighted by molar-refractivity contribution is 9.09. The Hall–Kier alpha value is -0.550. The largest absolute Gasteiger partial charge is 0.371 e. The summed E-state index contributed by atoms with van der Waals surface area (Å²) >= 11 is 3.69. The lowest BCUT2D eigenvalue weighted by molar-refractivity contribution is 0.466. The zero-order chi connectivity index (χ0) is 14.0. The van der Waals surface area contributed by atoms with Gasteiger partial charge in [0.25, 0.3) is 0 Å². The first kappa shape index (κ1) is 14.9. The Morgan fingerprint density at radius 1 is 1.32 bits per heavy atom. The van der Waals surface area contributed by atoms with Gasteiger partial charge in [-0.15, -0.1) is 0 Å². The van der Waals surface area contributed by atoms with Crippen LogP contribution in [0.2, 0.25) is 0 Å². The van der Waals surface area contributed by atoms with Crippen molar-refractivity contribution >= 4 is 31.5 Å². The fourth-order valence-electron chi connectivity index (χ4n) is 2.38. The summed E-state index contributed by atoms with van der Waals surface area (Å²) in [6, 6.07) is 7.28. The van der Waals surface area contributed by atoms with E-state index in [0.29, 0.717) is 15.6 Å². The van der Waals surface area contributed by atoms with E-state index in [9.17, 15) is 8.42 Å². The van der Waals surface area contributed by atoms with Gasteiger partial charge in [-0.2, -0.15) is 0 Å². The molecule has 0 aliphatic carbocycles. The van der Waals surface area contributed by atoms with Gasteiger partial charge in [-0.1, -0.05) is 29.8 Å². The van der Waals surface area contributed by atoms with Crippen LogP contribution in [0.25, 0.3) is 0 Å². The normalized spacial score (nSPS) is 24.5. The van der Waals surface area contributed by atoms with Gasteiger partial charge >= 0.3 is 0 Å². The summed E-state index contributed by atoms with van der Waals surface area (Å²) in [5, 5.41) is 0. The third-order valence-electron chi connectivity index (χ3n) is 3.74. The van der Waals surface area contributed by atoms with Crippen LogP contribution in [0.15, 0.2) is 29.2 Å². The van der Waals surface area contributed by atoms with Gasteiger partial charge in [0.15, 0.2) is 9.84 Å². The molecule has 1 heterocycles. The van der Waals surface area contributed by atoms with Gasteiger partial charge in [0.1, 0.15) is 0 Å². The lowest BCUT2D eigenvalue weighted by Gasteiger charge is -2.36. The molecular formula is C14H20BrNO2S. The number of nitrogens with zero attached hydrogens (tertiary/aromatic N) is 1. The number of rotatable bonds is 3. The van der Waals surface area contributed by atoms with E-state index in [2.05, 4.69) is 27.8 Å². The average Bonchev–Trinajstić information content (AvgIpc) is 2.42. The van der Waals surface area contributed by atoms with E-state index in [4.69, 9.17) is 0 Å². The molecule has 0 N–H and O–H groups in total. The van der Waals surface area contributed by atoms with E-state index in [-0.39, 0.29) is 5.75 Å². The smallest absolute Gasteiger partial charge is 0.178 e. The fraction of sp³-hybridized carbons (Fsp3) is 0.571. The minimum Gasteiger partial charge on any atom is -0.371 e. The molecule has 0 spiro atoms. The number of anilines is 1. The molecule has 1 aromatic rings. The van der Waals surface area contributed by atoms with Crippen LogP contribution in [0.4, 0.5) is 5.69 Å². The number of alkyl halides is 1. The number of benzene rings is 1. The van der Waals surface area contributed by atoms with Crippen molar-refractivity contribution in [3.8, 4) is 0 Å². The number of hydrogen-bond acceptors (Lipinski definition) is 3. The van der Waals surface area contributed by atoms with Crippen LogP contribution in [0.5, 0.6) is 0 Å². The highest BCUT2D eigenvalue weighted by atomic mass is 79.9. The van der Waals surface area contributed by atoms with Crippen molar-refractivity contribution < 1.29 is 8.42 Å². The summed E-state index contributed by atoms with van der Waals surface area (Å²) in [7, 11) is -3.09. The first-order valence-corrected chi connectivity index (χ1v) is 9.22. The zero-order valence-electron chi connectivity index (χ0n) is 11.3. The van der Waals surface area contributed by atoms with Crippen LogP contribution < -0.4 is 4.90 Å². The first-order valence-electron chi connectivity index (χ1n) is 6.66. The second-order valence-corrected chi connectivity index (χ2v) is 8.58. The van der Waals surface area contributed by atoms with Gasteiger partial charge in [-0.05, 0) is 36.6 Å². The third-order valence-corrected chi connectivity index (χ3v) is 6.85. The van der Waals surface area contributed by atoms with Crippen molar-refractivity contribution in [1.82, 2.24) is 0 Å². The molecule has 0 saturated carbocycles. The molecule has 5 heteroatoms. The van der Waals surface area contributed by atoms with Gasteiger partial charge in [0, 0.05) is 23.6 Å². The summed E-state index contributed by atoms with van der Waals surface area (Å²) in [4.78, 5) is 3.33. The van der Waals surface area contributed by atoms with Crippen molar-refractivity contribution in [3.05, 3.63) is 24.3 Å². The summed E-state index contributed by atoms with van der Waals surface area (Å²) in [6.07, 6.45) is 1.12. The summed E-state index contributed by atoms with van der Waals surface area (Å²) in [6.45, 7) is 5.93. The number of piperidine rings is 1. The van der Waals surface area contributed by atoms with E-state index < -0.39 is 9.84 Å². The van der Waals surface area contributed by atoms with Crippen LogP contribution in [-0.2, 0) is 9.84 Å². The van der Waals surface area contributed by atoms with Gasteiger partial charge in [-0.25, -0.2) is 8.42 Å². The van der Waals surface area contributed by atoms with E-state index in [1.165, 1.54) is 0 Å². The van der Waals surface area contributed by atoms with Crippen molar-refractivity contribution in [2.75, 3.05) is 23.7 Å². The number of halogens is 1. The quantitative estimate of drug-likeness (QED) is 0.790. The molecule has 0 amide bonds. The summed E-state index contributed by atoms with van der Waals surface area (Å²) in [5.74, 6) is 0.756. The zero-order valence-corrected chi connectivity index (χ0v) is 13.7. The van der Waals surface area contributed by atoms with Gasteiger partial charge in [-0.3, -0.25) is 0 Å². The number of hydrogen-bond donors (Lipinski definition) is 0. The van der Waals surface area contributed by atoms with E-state index >= 15 is 0 Å². The molecule has 1 fully saturated rings.